The van der Waals surface area contributed by atoms with Crippen molar-refractivity contribution in [3.63, 3.8) is 0 Å². The topological polar surface area (TPSA) is 76.4 Å². The number of carbonyl (C=O) groups is 1. The van der Waals surface area contributed by atoms with Crippen LogP contribution in [0.25, 0.3) is 0 Å². The predicted molar refractivity (Wildman–Crippen MR) is 91.5 cm³/mol. The Kier molecular flexibility index (Phi) is 5.98. The summed E-state index contributed by atoms with van der Waals surface area (Å²) in [6.45, 7) is 8.85. The Hall–Kier alpha value is -2.34. The van der Waals surface area contributed by atoms with Crippen LogP contribution in [0.15, 0.2) is 34.9 Å². The zero-order valence-corrected chi connectivity index (χ0v) is 14.7. The molecule has 6 heteroatoms. The Bertz CT molecular complexity index is 646. The van der Waals surface area contributed by atoms with E-state index in [0.717, 1.165) is 22.6 Å². The first kappa shape index (κ1) is 18.0. The summed E-state index contributed by atoms with van der Waals surface area (Å²) in [5.74, 6) is 0.721. The third-order valence-corrected chi connectivity index (χ3v) is 3.63. The molecule has 0 aliphatic heterocycles. The van der Waals surface area contributed by atoms with Crippen LogP contribution in [0.1, 0.15) is 36.4 Å². The van der Waals surface area contributed by atoms with Gasteiger partial charge < -0.3 is 19.9 Å². The number of ether oxygens (including phenoxy) is 1. The first-order valence-electron chi connectivity index (χ1n) is 7.97. The van der Waals surface area contributed by atoms with Crippen LogP contribution in [0.4, 0.5) is 4.79 Å². The Morgan fingerprint density at radius 2 is 1.96 bits per heavy atom. The van der Waals surface area contributed by atoms with Gasteiger partial charge in [-0.15, -0.1) is 0 Å². The van der Waals surface area contributed by atoms with Crippen LogP contribution in [-0.4, -0.2) is 23.3 Å². The molecule has 0 bridgehead atoms. The van der Waals surface area contributed by atoms with Gasteiger partial charge in [0.25, 0.3) is 0 Å². The lowest BCUT2D eigenvalue weighted by Gasteiger charge is -2.26. The smallest absolute Gasteiger partial charge is 0.315 e. The van der Waals surface area contributed by atoms with Gasteiger partial charge >= 0.3 is 6.03 Å². The van der Waals surface area contributed by atoms with Crippen molar-refractivity contribution in [1.29, 1.82) is 0 Å². The fraction of sp³-hybridized carbons (Fsp3) is 0.444. The second-order valence-electron chi connectivity index (χ2n) is 6.47. The van der Waals surface area contributed by atoms with Crippen molar-refractivity contribution in [2.24, 2.45) is 0 Å². The van der Waals surface area contributed by atoms with Crippen molar-refractivity contribution in [3.05, 3.63) is 52.9 Å². The molecule has 1 heterocycles. The lowest BCUT2D eigenvalue weighted by Crippen LogP contribution is -2.50. The van der Waals surface area contributed by atoms with E-state index >= 15 is 0 Å². The first-order chi connectivity index (χ1) is 11.4. The van der Waals surface area contributed by atoms with E-state index in [1.165, 1.54) is 0 Å². The van der Waals surface area contributed by atoms with Gasteiger partial charge in [-0.1, -0.05) is 35.5 Å². The third kappa shape index (κ3) is 5.38. The molecule has 2 N–H and O–H groups in total. The molecule has 1 aromatic carbocycles. The van der Waals surface area contributed by atoms with Crippen LogP contribution >= 0.6 is 0 Å². The Balaban J connectivity index is 1.75. The van der Waals surface area contributed by atoms with Crippen LogP contribution in [0.3, 0.4) is 0 Å². The van der Waals surface area contributed by atoms with Crippen molar-refractivity contribution in [1.82, 2.24) is 15.8 Å². The lowest BCUT2D eigenvalue weighted by atomic mass is 10.1. The maximum absolute atomic E-state index is 12.1. The van der Waals surface area contributed by atoms with Gasteiger partial charge in [-0.25, -0.2) is 4.79 Å². The van der Waals surface area contributed by atoms with Gasteiger partial charge in [0.15, 0.2) is 0 Å². The number of aromatic nitrogens is 1. The Morgan fingerprint density at radius 3 is 2.58 bits per heavy atom. The van der Waals surface area contributed by atoms with E-state index in [1.54, 1.807) is 0 Å². The van der Waals surface area contributed by atoms with Gasteiger partial charge in [-0.05, 0) is 33.3 Å². The molecule has 0 saturated carbocycles. The summed E-state index contributed by atoms with van der Waals surface area (Å²) < 4.78 is 10.8. The minimum absolute atomic E-state index is 0.247. The molecule has 0 aliphatic rings. The number of carbonyl (C=O) groups excluding carboxylic acids is 1. The van der Waals surface area contributed by atoms with Crippen LogP contribution in [0.5, 0.6) is 0 Å². The summed E-state index contributed by atoms with van der Waals surface area (Å²) >= 11 is 0. The standard InChI is InChI=1S/C18H25N3O3/c1-13-16(14(2)24-21-13)10-19-17(22)20-18(3,4)12-23-11-15-8-6-5-7-9-15/h5-9H,10-12H2,1-4H3,(H2,19,20,22). The molecule has 2 amide bonds. The second kappa shape index (κ2) is 7.97. The molecule has 1 aromatic heterocycles. The second-order valence-corrected chi connectivity index (χ2v) is 6.47. The number of nitrogens with zero attached hydrogens (tertiary/aromatic N) is 1. The van der Waals surface area contributed by atoms with E-state index < -0.39 is 5.54 Å². The van der Waals surface area contributed by atoms with Gasteiger partial charge in [0.05, 0.1) is 24.4 Å². The molecule has 0 aliphatic carbocycles. The van der Waals surface area contributed by atoms with Gasteiger partial charge in [0, 0.05) is 12.1 Å². The molecule has 2 aromatic rings. The molecule has 0 unspecified atom stereocenters. The number of hydrogen-bond donors (Lipinski definition) is 2. The number of benzene rings is 1. The quantitative estimate of drug-likeness (QED) is 0.817. The van der Waals surface area contributed by atoms with Gasteiger partial charge in [0.1, 0.15) is 5.76 Å². The van der Waals surface area contributed by atoms with Crippen molar-refractivity contribution < 1.29 is 14.1 Å². The van der Waals surface area contributed by atoms with E-state index in [-0.39, 0.29) is 6.03 Å². The van der Waals surface area contributed by atoms with Crippen molar-refractivity contribution in [3.8, 4) is 0 Å². The molecule has 2 rings (SSSR count). The van der Waals surface area contributed by atoms with E-state index in [9.17, 15) is 4.79 Å². The SMILES string of the molecule is Cc1noc(C)c1CNC(=O)NC(C)(C)COCc1ccccc1. The summed E-state index contributed by atoms with van der Waals surface area (Å²) in [5, 5.41) is 9.61. The zero-order chi connectivity index (χ0) is 17.6. The van der Waals surface area contributed by atoms with Crippen LogP contribution in [0.2, 0.25) is 0 Å². The zero-order valence-electron chi connectivity index (χ0n) is 14.7. The molecule has 0 saturated heterocycles. The normalized spacial score (nSPS) is 11.3. The van der Waals surface area contributed by atoms with Crippen molar-refractivity contribution in [2.75, 3.05) is 6.61 Å². The number of hydrogen-bond acceptors (Lipinski definition) is 4. The van der Waals surface area contributed by atoms with Crippen molar-refractivity contribution >= 4 is 6.03 Å². The van der Waals surface area contributed by atoms with Crippen molar-refractivity contribution in [2.45, 2.75) is 46.4 Å². The molecular formula is C18H25N3O3. The number of aryl methyl sites for hydroxylation is 2. The van der Waals surface area contributed by atoms with Crippen LogP contribution in [-0.2, 0) is 17.9 Å². The number of nitrogens with one attached hydrogen (secondary N) is 2. The molecule has 0 fully saturated rings. The van der Waals surface area contributed by atoms with E-state index in [2.05, 4.69) is 15.8 Å². The summed E-state index contributed by atoms with van der Waals surface area (Å²) in [5.41, 5.74) is 2.33. The minimum atomic E-state index is -0.475. The fourth-order valence-electron chi connectivity index (χ4n) is 2.31. The fourth-order valence-corrected chi connectivity index (χ4v) is 2.31. The molecular weight excluding hydrogens is 306 g/mol. The average Bonchev–Trinajstić information content (AvgIpc) is 2.84. The summed E-state index contributed by atoms with van der Waals surface area (Å²) in [4.78, 5) is 12.1. The predicted octanol–water partition coefficient (Wildman–Crippen LogP) is 3.09. The molecule has 0 atom stereocenters. The highest BCUT2D eigenvalue weighted by Gasteiger charge is 2.21. The maximum Gasteiger partial charge on any atom is 0.315 e. The highest BCUT2D eigenvalue weighted by Crippen LogP contribution is 2.11. The number of rotatable bonds is 7. The Labute approximate surface area is 142 Å². The Morgan fingerprint density at radius 1 is 1.25 bits per heavy atom. The summed E-state index contributed by atoms with van der Waals surface area (Å²) in [6.07, 6.45) is 0. The van der Waals surface area contributed by atoms with E-state index in [4.69, 9.17) is 9.26 Å². The van der Waals surface area contributed by atoms with Gasteiger partial charge in [-0.3, -0.25) is 0 Å². The lowest BCUT2D eigenvalue weighted by molar-refractivity contribution is 0.0743. The highest BCUT2D eigenvalue weighted by atomic mass is 16.5. The maximum atomic E-state index is 12.1. The first-order valence-corrected chi connectivity index (χ1v) is 7.97. The highest BCUT2D eigenvalue weighted by molar-refractivity contribution is 5.74. The third-order valence-electron chi connectivity index (χ3n) is 3.63. The molecule has 0 radical (unpaired) electrons. The monoisotopic (exact) mass is 331 g/mol. The average molecular weight is 331 g/mol. The number of urea groups is 1. The van der Waals surface area contributed by atoms with E-state index in [0.29, 0.717) is 19.8 Å². The summed E-state index contributed by atoms with van der Waals surface area (Å²) in [6, 6.07) is 9.70. The van der Waals surface area contributed by atoms with Gasteiger partial charge in [-0.2, -0.15) is 0 Å². The minimum Gasteiger partial charge on any atom is -0.374 e. The molecule has 6 nitrogen and oxygen atoms in total. The molecule has 24 heavy (non-hydrogen) atoms. The summed E-state index contributed by atoms with van der Waals surface area (Å²) in [7, 11) is 0. The van der Waals surface area contributed by atoms with Crippen LogP contribution < -0.4 is 10.6 Å². The van der Waals surface area contributed by atoms with E-state index in [1.807, 2.05) is 58.0 Å². The molecule has 130 valence electrons. The molecule has 0 spiro atoms. The largest absolute Gasteiger partial charge is 0.374 e. The van der Waals surface area contributed by atoms with Crippen LogP contribution in [0, 0.1) is 13.8 Å². The number of amides is 2. The van der Waals surface area contributed by atoms with Gasteiger partial charge in [0.2, 0.25) is 0 Å².